The number of hydrogen-bond donors (Lipinski definition) is 1. The molecule has 8 heteroatoms. The fourth-order valence-electron chi connectivity index (χ4n) is 3.27. The maximum atomic E-state index is 13.3. The molecule has 164 valence electrons. The number of carbonyl (C=O) groups is 1. The molecule has 0 aliphatic heterocycles. The summed E-state index contributed by atoms with van der Waals surface area (Å²) in [4.78, 5) is 38.4. The van der Waals surface area contributed by atoms with Crippen LogP contribution in [0.2, 0.25) is 0 Å². The van der Waals surface area contributed by atoms with Crippen molar-refractivity contribution in [2.24, 2.45) is 0 Å². The Labute approximate surface area is 184 Å². The van der Waals surface area contributed by atoms with Crippen molar-refractivity contribution in [2.45, 2.75) is 20.0 Å². The van der Waals surface area contributed by atoms with Crippen LogP contribution in [0.25, 0.3) is 0 Å². The van der Waals surface area contributed by atoms with Gasteiger partial charge in [0.15, 0.2) is 5.69 Å². The first-order valence-electron chi connectivity index (χ1n) is 9.69. The zero-order chi connectivity index (χ0) is 23.3. The maximum Gasteiger partial charge on any atom is 0.354 e. The molecule has 0 aliphatic carbocycles. The summed E-state index contributed by atoms with van der Waals surface area (Å²) in [5.41, 5.74) is -0.804. The lowest BCUT2D eigenvalue weighted by Gasteiger charge is -2.16. The number of benzene rings is 2. The highest BCUT2D eigenvalue weighted by Crippen LogP contribution is 2.14. The van der Waals surface area contributed by atoms with E-state index in [4.69, 9.17) is 9.47 Å². The monoisotopic (exact) mass is 434 g/mol. The molecule has 1 N–H and O–H groups in total. The third kappa shape index (κ3) is 4.57. The Morgan fingerprint density at radius 2 is 1.34 bits per heavy atom. The second-order valence-corrected chi connectivity index (χ2v) is 6.86. The lowest BCUT2D eigenvalue weighted by atomic mass is 10.1. The van der Waals surface area contributed by atoms with Gasteiger partial charge in [-0.25, -0.2) is 9.59 Å². The molecule has 0 fully saturated rings. The van der Waals surface area contributed by atoms with Crippen LogP contribution < -0.4 is 20.7 Å². The van der Waals surface area contributed by atoms with E-state index in [0.717, 1.165) is 9.13 Å². The Bertz CT molecular complexity index is 1310. The van der Waals surface area contributed by atoms with Crippen molar-refractivity contribution in [3.8, 4) is 23.3 Å². The van der Waals surface area contributed by atoms with E-state index in [1.165, 1.54) is 21.1 Å². The first-order chi connectivity index (χ1) is 15.4. The summed E-state index contributed by atoms with van der Waals surface area (Å²) in [6.45, 7) is 1.41. The SMILES string of the molecule is CC#Cc1c(C(=O)O)n(Cc2ccc(OC)cc2)c(=O)n(Cc2ccc(OC)cc2)c1=O. The van der Waals surface area contributed by atoms with Gasteiger partial charge in [-0.2, -0.15) is 0 Å². The van der Waals surface area contributed by atoms with Crippen LogP contribution in [0.4, 0.5) is 0 Å². The molecular formula is C24H22N2O6. The van der Waals surface area contributed by atoms with Crippen molar-refractivity contribution in [1.29, 1.82) is 0 Å². The number of ether oxygens (including phenoxy) is 2. The third-order valence-electron chi connectivity index (χ3n) is 4.88. The molecule has 0 amide bonds. The maximum absolute atomic E-state index is 13.3. The van der Waals surface area contributed by atoms with Crippen LogP contribution in [0.5, 0.6) is 11.5 Å². The zero-order valence-electron chi connectivity index (χ0n) is 17.9. The number of carboxylic acid groups (broad SMARTS) is 1. The Kier molecular flexibility index (Phi) is 6.80. The van der Waals surface area contributed by atoms with E-state index >= 15 is 0 Å². The summed E-state index contributed by atoms with van der Waals surface area (Å²) in [6.07, 6.45) is 0. The van der Waals surface area contributed by atoms with Crippen LogP contribution in [0.1, 0.15) is 34.1 Å². The summed E-state index contributed by atoms with van der Waals surface area (Å²) in [5, 5.41) is 9.81. The number of aromatic carboxylic acids is 1. The molecule has 0 unspecified atom stereocenters. The first-order valence-corrected chi connectivity index (χ1v) is 9.69. The number of carboxylic acids is 1. The number of rotatable bonds is 7. The predicted molar refractivity (Wildman–Crippen MR) is 119 cm³/mol. The Balaban J connectivity index is 2.20. The lowest BCUT2D eigenvalue weighted by Crippen LogP contribution is -2.44. The van der Waals surface area contributed by atoms with Gasteiger partial charge in [-0.1, -0.05) is 30.2 Å². The van der Waals surface area contributed by atoms with Gasteiger partial charge < -0.3 is 14.6 Å². The van der Waals surface area contributed by atoms with Gasteiger partial charge in [0.25, 0.3) is 5.56 Å². The molecule has 3 aromatic rings. The van der Waals surface area contributed by atoms with E-state index < -0.39 is 22.9 Å². The van der Waals surface area contributed by atoms with Gasteiger partial charge in [0.2, 0.25) is 0 Å². The van der Waals surface area contributed by atoms with Crippen LogP contribution in [-0.4, -0.2) is 34.4 Å². The number of nitrogens with zero attached hydrogens (tertiary/aromatic N) is 2. The largest absolute Gasteiger partial charge is 0.497 e. The van der Waals surface area contributed by atoms with Crippen LogP contribution in [0.15, 0.2) is 58.1 Å². The quantitative estimate of drug-likeness (QED) is 0.573. The summed E-state index contributed by atoms with van der Waals surface area (Å²) < 4.78 is 12.3. The normalized spacial score (nSPS) is 10.2. The number of hydrogen-bond acceptors (Lipinski definition) is 5. The lowest BCUT2D eigenvalue weighted by molar-refractivity contribution is 0.0682. The topological polar surface area (TPSA) is 99.8 Å². The second-order valence-electron chi connectivity index (χ2n) is 6.86. The van der Waals surface area contributed by atoms with E-state index in [0.29, 0.717) is 22.6 Å². The number of aromatic nitrogens is 2. The Morgan fingerprint density at radius 1 is 0.875 bits per heavy atom. The van der Waals surface area contributed by atoms with Gasteiger partial charge in [-0.05, 0) is 42.3 Å². The molecule has 0 saturated heterocycles. The van der Waals surface area contributed by atoms with E-state index in [1.54, 1.807) is 48.5 Å². The van der Waals surface area contributed by atoms with Crippen LogP contribution in [-0.2, 0) is 13.1 Å². The van der Waals surface area contributed by atoms with E-state index in [-0.39, 0.29) is 18.7 Å². The molecule has 0 saturated carbocycles. The molecule has 32 heavy (non-hydrogen) atoms. The van der Waals surface area contributed by atoms with Gasteiger partial charge in [0, 0.05) is 0 Å². The van der Waals surface area contributed by atoms with Gasteiger partial charge in [-0.3, -0.25) is 13.9 Å². The molecule has 0 radical (unpaired) electrons. The van der Waals surface area contributed by atoms with Gasteiger partial charge in [-0.15, -0.1) is 5.92 Å². The zero-order valence-corrected chi connectivity index (χ0v) is 17.9. The Hall–Kier alpha value is -4.25. The van der Waals surface area contributed by atoms with Crippen molar-refractivity contribution in [2.75, 3.05) is 14.2 Å². The molecule has 0 atom stereocenters. The molecule has 3 rings (SSSR count). The minimum atomic E-state index is -1.40. The molecular weight excluding hydrogens is 412 g/mol. The van der Waals surface area contributed by atoms with Gasteiger partial charge in [0.1, 0.15) is 17.1 Å². The fraction of sp³-hybridized carbons (Fsp3) is 0.208. The van der Waals surface area contributed by atoms with Crippen LogP contribution >= 0.6 is 0 Å². The van der Waals surface area contributed by atoms with Crippen molar-refractivity contribution >= 4 is 5.97 Å². The minimum Gasteiger partial charge on any atom is -0.497 e. The fourth-order valence-corrected chi connectivity index (χ4v) is 3.27. The van der Waals surface area contributed by atoms with E-state index in [1.807, 2.05) is 0 Å². The van der Waals surface area contributed by atoms with E-state index in [2.05, 4.69) is 11.8 Å². The van der Waals surface area contributed by atoms with Crippen molar-refractivity contribution in [3.63, 3.8) is 0 Å². The molecule has 2 aromatic carbocycles. The van der Waals surface area contributed by atoms with Crippen molar-refractivity contribution in [3.05, 3.63) is 91.8 Å². The highest BCUT2D eigenvalue weighted by molar-refractivity contribution is 5.88. The molecule has 0 aliphatic rings. The summed E-state index contributed by atoms with van der Waals surface area (Å²) >= 11 is 0. The molecule has 0 bridgehead atoms. The molecule has 8 nitrogen and oxygen atoms in total. The van der Waals surface area contributed by atoms with Crippen molar-refractivity contribution < 1.29 is 19.4 Å². The highest BCUT2D eigenvalue weighted by atomic mass is 16.5. The van der Waals surface area contributed by atoms with E-state index in [9.17, 15) is 19.5 Å². The summed E-state index contributed by atoms with van der Waals surface area (Å²) in [5.74, 6) is 5.02. The third-order valence-corrected chi connectivity index (χ3v) is 4.88. The van der Waals surface area contributed by atoms with Gasteiger partial charge in [0.05, 0.1) is 27.3 Å². The van der Waals surface area contributed by atoms with Crippen molar-refractivity contribution in [1.82, 2.24) is 9.13 Å². The van der Waals surface area contributed by atoms with Crippen LogP contribution in [0, 0.1) is 11.8 Å². The standard InChI is InChI=1S/C24H22N2O6/c1-4-5-20-21(23(28)29)25(14-16-6-10-18(31-2)11-7-16)24(30)26(22(20)27)15-17-8-12-19(32-3)13-9-17/h6-13H,14-15H2,1-3H3,(H,28,29). The highest BCUT2D eigenvalue weighted by Gasteiger charge is 2.23. The number of methoxy groups -OCH3 is 2. The summed E-state index contributed by atoms with van der Waals surface area (Å²) in [6, 6.07) is 13.8. The average molecular weight is 434 g/mol. The average Bonchev–Trinajstić information content (AvgIpc) is 2.80. The van der Waals surface area contributed by atoms with Crippen LogP contribution in [0.3, 0.4) is 0 Å². The smallest absolute Gasteiger partial charge is 0.354 e. The minimum absolute atomic E-state index is 0.0391. The predicted octanol–water partition coefficient (Wildman–Crippen LogP) is 2.19. The second kappa shape index (κ2) is 9.71. The van der Waals surface area contributed by atoms with Gasteiger partial charge >= 0.3 is 11.7 Å². The molecule has 1 aromatic heterocycles. The molecule has 1 heterocycles. The first kappa shape index (κ1) is 22.4. The summed E-state index contributed by atoms with van der Waals surface area (Å²) in [7, 11) is 3.07. The Morgan fingerprint density at radius 3 is 1.75 bits per heavy atom. The molecule has 0 spiro atoms.